The number of hydrogen-bond acceptors (Lipinski definition) is 2. The van der Waals surface area contributed by atoms with Crippen molar-refractivity contribution >= 4 is 5.69 Å². The van der Waals surface area contributed by atoms with Gasteiger partial charge in [0.05, 0.1) is 12.0 Å². The highest BCUT2D eigenvalue weighted by Crippen LogP contribution is 2.29. The van der Waals surface area contributed by atoms with Crippen molar-refractivity contribution in [1.82, 2.24) is 0 Å². The highest BCUT2D eigenvalue weighted by Gasteiger charge is 2.14. The van der Waals surface area contributed by atoms with Crippen molar-refractivity contribution in [2.45, 2.75) is 32.2 Å². The average Bonchev–Trinajstić information content (AvgIpc) is 2.51. The second-order valence-electron chi connectivity index (χ2n) is 4.95. The maximum Gasteiger partial charge on any atom is 0.0730 e. The predicted molar refractivity (Wildman–Crippen MR) is 83.6 cm³/mol. The number of nitriles is 1. The highest BCUT2D eigenvalue weighted by molar-refractivity contribution is 5.55. The summed E-state index contributed by atoms with van der Waals surface area (Å²) in [7, 11) is 0. The van der Waals surface area contributed by atoms with Gasteiger partial charge in [0.25, 0.3) is 0 Å². The Morgan fingerprint density at radius 1 is 1.05 bits per heavy atom. The molecule has 0 aliphatic heterocycles. The van der Waals surface area contributed by atoms with E-state index in [4.69, 9.17) is 0 Å². The number of rotatable bonds is 5. The van der Waals surface area contributed by atoms with Crippen molar-refractivity contribution in [2.24, 2.45) is 0 Å². The molecule has 0 saturated carbocycles. The standard InChI is InChI=1S/C18H20N2/c1-3-15(13-19)17-11-7-8-12-18(17)20-14(2)16-9-5-4-6-10-16/h4-12,14-15,20H,3H2,1-2H3. The van der Waals surface area contributed by atoms with Crippen LogP contribution in [0.2, 0.25) is 0 Å². The van der Waals surface area contributed by atoms with Crippen molar-refractivity contribution in [3.05, 3.63) is 65.7 Å². The molecule has 0 bridgehead atoms. The lowest BCUT2D eigenvalue weighted by molar-refractivity contribution is 0.809. The Morgan fingerprint density at radius 2 is 1.70 bits per heavy atom. The Kier molecular flexibility index (Phi) is 4.79. The summed E-state index contributed by atoms with van der Waals surface area (Å²) in [6, 6.07) is 21.0. The first-order chi connectivity index (χ1) is 9.76. The van der Waals surface area contributed by atoms with E-state index < -0.39 is 0 Å². The molecule has 0 spiro atoms. The normalized spacial score (nSPS) is 13.2. The van der Waals surface area contributed by atoms with Gasteiger partial charge in [-0.15, -0.1) is 0 Å². The van der Waals surface area contributed by atoms with E-state index in [1.807, 2.05) is 43.3 Å². The van der Waals surface area contributed by atoms with Gasteiger partial charge in [-0.05, 0) is 30.5 Å². The molecule has 0 amide bonds. The van der Waals surface area contributed by atoms with Gasteiger partial charge in [-0.1, -0.05) is 55.5 Å². The summed E-state index contributed by atoms with van der Waals surface area (Å²) in [5, 5.41) is 12.8. The molecule has 0 aliphatic carbocycles. The molecule has 0 aromatic heterocycles. The molecule has 2 aromatic carbocycles. The van der Waals surface area contributed by atoms with Crippen LogP contribution in [-0.2, 0) is 0 Å². The van der Waals surface area contributed by atoms with E-state index in [1.165, 1.54) is 5.56 Å². The van der Waals surface area contributed by atoms with Crippen LogP contribution in [0.15, 0.2) is 54.6 Å². The molecule has 0 aliphatic rings. The number of anilines is 1. The molecule has 0 radical (unpaired) electrons. The van der Waals surface area contributed by atoms with Gasteiger partial charge in [0.15, 0.2) is 0 Å². The maximum atomic E-state index is 9.28. The molecule has 1 N–H and O–H groups in total. The van der Waals surface area contributed by atoms with Gasteiger partial charge in [-0.2, -0.15) is 5.26 Å². The van der Waals surface area contributed by atoms with Crippen molar-refractivity contribution in [2.75, 3.05) is 5.32 Å². The van der Waals surface area contributed by atoms with Crippen LogP contribution in [0.1, 0.15) is 43.4 Å². The van der Waals surface area contributed by atoms with Gasteiger partial charge in [-0.25, -0.2) is 0 Å². The third kappa shape index (κ3) is 3.19. The number of nitrogens with zero attached hydrogens (tertiary/aromatic N) is 1. The molecule has 102 valence electrons. The van der Waals surface area contributed by atoms with Crippen LogP contribution in [0.4, 0.5) is 5.69 Å². The molecule has 2 aromatic rings. The number of nitrogens with one attached hydrogen (secondary N) is 1. The van der Waals surface area contributed by atoms with Crippen LogP contribution < -0.4 is 5.32 Å². The molecular formula is C18H20N2. The first kappa shape index (κ1) is 14.1. The molecule has 2 heteroatoms. The van der Waals surface area contributed by atoms with E-state index in [1.54, 1.807) is 0 Å². The van der Waals surface area contributed by atoms with Crippen LogP contribution in [0.5, 0.6) is 0 Å². The van der Waals surface area contributed by atoms with Crippen LogP contribution in [0, 0.1) is 11.3 Å². The van der Waals surface area contributed by atoms with Gasteiger partial charge in [0.1, 0.15) is 0 Å². The first-order valence-electron chi connectivity index (χ1n) is 7.06. The average molecular weight is 264 g/mol. The smallest absolute Gasteiger partial charge is 0.0730 e. The summed E-state index contributed by atoms with van der Waals surface area (Å²) in [4.78, 5) is 0. The van der Waals surface area contributed by atoms with Gasteiger partial charge in [0.2, 0.25) is 0 Å². The Morgan fingerprint density at radius 3 is 2.35 bits per heavy atom. The fourth-order valence-corrected chi connectivity index (χ4v) is 2.37. The van der Waals surface area contributed by atoms with E-state index in [0.717, 1.165) is 17.7 Å². The lowest BCUT2D eigenvalue weighted by Gasteiger charge is -2.20. The van der Waals surface area contributed by atoms with Crippen molar-refractivity contribution < 1.29 is 0 Å². The quantitative estimate of drug-likeness (QED) is 0.835. The number of benzene rings is 2. The predicted octanol–water partition coefficient (Wildman–Crippen LogP) is 4.88. The zero-order valence-corrected chi connectivity index (χ0v) is 12.0. The second-order valence-corrected chi connectivity index (χ2v) is 4.95. The van der Waals surface area contributed by atoms with Crippen molar-refractivity contribution in [3.63, 3.8) is 0 Å². The van der Waals surface area contributed by atoms with Gasteiger partial charge in [-0.3, -0.25) is 0 Å². The Bertz CT molecular complexity index is 584. The van der Waals surface area contributed by atoms with E-state index in [2.05, 4.69) is 36.5 Å². The van der Waals surface area contributed by atoms with Gasteiger partial charge < -0.3 is 5.32 Å². The second kappa shape index (κ2) is 6.77. The SMILES string of the molecule is CCC(C#N)c1ccccc1NC(C)c1ccccc1. The zero-order chi connectivity index (χ0) is 14.4. The largest absolute Gasteiger partial charge is 0.378 e. The van der Waals surface area contributed by atoms with E-state index in [9.17, 15) is 5.26 Å². The van der Waals surface area contributed by atoms with E-state index >= 15 is 0 Å². The minimum Gasteiger partial charge on any atom is -0.378 e. The molecule has 2 nitrogen and oxygen atoms in total. The third-order valence-corrected chi connectivity index (χ3v) is 3.57. The summed E-state index contributed by atoms with van der Waals surface area (Å²) in [6.07, 6.45) is 0.828. The molecule has 0 saturated heterocycles. The monoisotopic (exact) mass is 264 g/mol. The van der Waals surface area contributed by atoms with Crippen molar-refractivity contribution in [1.29, 1.82) is 5.26 Å². The molecular weight excluding hydrogens is 244 g/mol. The molecule has 2 atom stereocenters. The van der Waals surface area contributed by atoms with Crippen LogP contribution in [0.25, 0.3) is 0 Å². The maximum absolute atomic E-state index is 9.28. The van der Waals surface area contributed by atoms with Gasteiger partial charge in [0, 0.05) is 11.7 Å². The lowest BCUT2D eigenvalue weighted by atomic mass is 9.95. The molecule has 2 rings (SSSR count). The van der Waals surface area contributed by atoms with Gasteiger partial charge >= 0.3 is 0 Å². The minimum atomic E-state index is -0.0540. The Balaban J connectivity index is 2.24. The minimum absolute atomic E-state index is 0.0540. The third-order valence-electron chi connectivity index (χ3n) is 3.57. The highest BCUT2D eigenvalue weighted by atomic mass is 14.9. The van der Waals surface area contributed by atoms with E-state index in [-0.39, 0.29) is 12.0 Å². The Labute approximate surface area is 121 Å². The topological polar surface area (TPSA) is 35.8 Å². The summed E-state index contributed by atoms with van der Waals surface area (Å²) in [5.41, 5.74) is 3.38. The fourth-order valence-electron chi connectivity index (χ4n) is 2.37. The molecule has 0 heterocycles. The van der Waals surface area contributed by atoms with Crippen molar-refractivity contribution in [3.8, 4) is 6.07 Å². The van der Waals surface area contributed by atoms with Crippen LogP contribution >= 0.6 is 0 Å². The first-order valence-corrected chi connectivity index (χ1v) is 7.06. The summed E-state index contributed by atoms with van der Waals surface area (Å²) in [6.45, 7) is 4.19. The number of para-hydroxylation sites is 1. The molecule has 2 unspecified atom stereocenters. The lowest BCUT2D eigenvalue weighted by Crippen LogP contribution is -2.09. The molecule has 0 fully saturated rings. The fraction of sp³-hybridized carbons (Fsp3) is 0.278. The summed E-state index contributed by atoms with van der Waals surface area (Å²) >= 11 is 0. The molecule has 20 heavy (non-hydrogen) atoms. The number of hydrogen-bond donors (Lipinski definition) is 1. The van der Waals surface area contributed by atoms with Crippen LogP contribution in [0.3, 0.4) is 0 Å². The summed E-state index contributed by atoms with van der Waals surface area (Å²) < 4.78 is 0. The zero-order valence-electron chi connectivity index (χ0n) is 12.0. The summed E-state index contributed by atoms with van der Waals surface area (Å²) in [5.74, 6) is -0.0540. The van der Waals surface area contributed by atoms with E-state index in [0.29, 0.717) is 0 Å². The Hall–Kier alpha value is -2.27. The van der Waals surface area contributed by atoms with Crippen LogP contribution in [-0.4, -0.2) is 0 Å².